The number of aromatic carboxylic acids is 1. The van der Waals surface area contributed by atoms with Gasteiger partial charge in [-0.25, -0.2) is 29.7 Å². The van der Waals surface area contributed by atoms with Crippen LogP contribution in [-0.4, -0.2) is 99.3 Å². The van der Waals surface area contributed by atoms with E-state index in [-0.39, 0.29) is 57.2 Å². The van der Waals surface area contributed by atoms with Crippen LogP contribution in [0.25, 0.3) is 34.2 Å². The molecule has 0 fully saturated rings. The van der Waals surface area contributed by atoms with E-state index in [2.05, 4.69) is 15.2 Å². The summed E-state index contributed by atoms with van der Waals surface area (Å²) < 4.78 is 0. The molecule has 0 unspecified atom stereocenters. The van der Waals surface area contributed by atoms with Gasteiger partial charge in [0.15, 0.2) is 5.78 Å². The number of nitrogens with zero attached hydrogens (tertiary/aromatic N) is 9. The molecule has 0 saturated carbocycles. The number of imide groups is 1. The molecule has 8 bridgehead atoms. The number of Topliss-reactive ketones (excluding diaryl/α,β-unsaturated/α-hetero) is 1. The SMILES string of the molecule is C.Cc1cccc(-c2cccc(CN3Cc4cccc(n4)-c4cccc(n4)CN(C)Cc4cc(C(=O)O)cc(n4)-c4cc(C(=O)CCCNC(=O)CCCN5C(=O)C=CC5=O)cc(n4)C3)n2)n1. The number of fused-ring (bicyclic) bond motifs is 10. The zero-order chi connectivity index (χ0) is 46.2. The number of hydrogen-bond donors (Lipinski definition) is 2. The summed E-state index contributed by atoms with van der Waals surface area (Å²) in [7, 11) is 1.91. The molecule has 2 N–H and O–H groups in total. The lowest BCUT2D eigenvalue weighted by Crippen LogP contribution is -2.32. The number of ketones is 1. The van der Waals surface area contributed by atoms with Crippen molar-refractivity contribution < 1.29 is 29.1 Å². The Morgan fingerprint density at radius 1 is 0.612 bits per heavy atom. The molecule has 16 nitrogen and oxygen atoms in total. The molecule has 67 heavy (non-hydrogen) atoms. The lowest BCUT2D eigenvalue weighted by Gasteiger charge is -2.23. The first-order valence-corrected chi connectivity index (χ1v) is 21.7. The number of carbonyl (C=O) groups excluding carboxylic acids is 4. The summed E-state index contributed by atoms with van der Waals surface area (Å²) in [5.41, 5.74) is 8.21. The van der Waals surface area contributed by atoms with E-state index >= 15 is 0 Å². The molecule has 0 aromatic carbocycles. The average molecular weight is 901 g/mol. The molecule has 0 saturated heterocycles. The van der Waals surface area contributed by atoms with Crippen molar-refractivity contribution in [3.05, 3.63) is 155 Å². The molecule has 8 rings (SSSR count). The summed E-state index contributed by atoms with van der Waals surface area (Å²) in [5.74, 6) is -2.35. The van der Waals surface area contributed by atoms with Gasteiger partial charge in [-0.1, -0.05) is 31.7 Å². The monoisotopic (exact) mass is 900 g/mol. The maximum Gasteiger partial charge on any atom is 0.335 e. The quantitative estimate of drug-likeness (QED) is 0.0710. The Labute approximate surface area is 388 Å². The van der Waals surface area contributed by atoms with Gasteiger partial charge in [0.1, 0.15) is 0 Å². The third-order valence-electron chi connectivity index (χ3n) is 11.0. The standard InChI is InChI=1S/C50H48N10O6.CH4/c1-32-9-3-13-40(52-32)41-14-5-11-36(54-41)29-59-30-37-12-6-16-43(55-37)42-15-4-10-35(53-42)27-58(2)28-38-24-34(50(65)66)26-45(56-38)44-25-33(23-39(31-59)57-44)46(61)17-7-21-51-47(62)18-8-22-60-48(63)19-20-49(60)64;/h3-6,9-16,19-20,23-26H,7-8,17-18,21-22,27-31H2,1-2H3,(H,51,62)(H,65,66);1H4. The Kier molecular flexibility index (Phi) is 15.2. The lowest BCUT2D eigenvalue weighted by atomic mass is 10.0. The third-order valence-corrected chi connectivity index (χ3v) is 11.0. The first-order valence-electron chi connectivity index (χ1n) is 21.7. The van der Waals surface area contributed by atoms with E-state index in [1.54, 1.807) is 18.2 Å². The molecular weight excluding hydrogens is 849 g/mol. The fourth-order valence-electron chi connectivity index (χ4n) is 7.92. The minimum Gasteiger partial charge on any atom is -0.478 e. The molecule has 8 heterocycles. The van der Waals surface area contributed by atoms with Crippen molar-refractivity contribution >= 4 is 29.5 Å². The van der Waals surface area contributed by atoms with Crippen LogP contribution in [0.1, 0.15) is 88.0 Å². The predicted molar refractivity (Wildman–Crippen MR) is 251 cm³/mol. The van der Waals surface area contributed by atoms with Crippen LogP contribution in [0.4, 0.5) is 0 Å². The van der Waals surface area contributed by atoms with Crippen LogP contribution >= 0.6 is 0 Å². The summed E-state index contributed by atoms with van der Waals surface area (Å²) in [6, 6.07) is 29.7. The molecule has 0 aliphatic carbocycles. The number of carboxylic acid groups (broad SMARTS) is 1. The highest BCUT2D eigenvalue weighted by Gasteiger charge is 2.23. The van der Waals surface area contributed by atoms with Crippen LogP contribution in [0.2, 0.25) is 0 Å². The lowest BCUT2D eigenvalue weighted by molar-refractivity contribution is -0.137. The molecular formula is C51H52N10O6. The average Bonchev–Trinajstić information content (AvgIpc) is 3.62. The summed E-state index contributed by atoms with van der Waals surface area (Å²) in [6.45, 7) is 4.06. The number of rotatable bonds is 13. The van der Waals surface area contributed by atoms with E-state index in [0.717, 1.165) is 39.1 Å². The summed E-state index contributed by atoms with van der Waals surface area (Å²) in [4.78, 5) is 97.8. The van der Waals surface area contributed by atoms with Crippen molar-refractivity contribution in [3.63, 3.8) is 0 Å². The van der Waals surface area contributed by atoms with Gasteiger partial charge in [0.05, 0.1) is 68.2 Å². The van der Waals surface area contributed by atoms with E-state index < -0.39 is 17.8 Å². The van der Waals surface area contributed by atoms with Gasteiger partial charge in [0.25, 0.3) is 11.8 Å². The van der Waals surface area contributed by atoms with Gasteiger partial charge >= 0.3 is 5.97 Å². The third kappa shape index (κ3) is 12.4. The van der Waals surface area contributed by atoms with Crippen LogP contribution in [0.3, 0.4) is 0 Å². The molecule has 2 aliphatic heterocycles. The van der Waals surface area contributed by atoms with Crippen LogP contribution < -0.4 is 5.32 Å². The zero-order valence-electron chi connectivity index (χ0n) is 36.7. The van der Waals surface area contributed by atoms with Crippen molar-refractivity contribution in [2.45, 2.75) is 72.8 Å². The van der Waals surface area contributed by atoms with E-state index in [1.165, 1.54) is 18.2 Å². The predicted octanol–water partition coefficient (Wildman–Crippen LogP) is 6.63. The largest absolute Gasteiger partial charge is 0.478 e. The number of carboxylic acids is 1. The molecule has 0 spiro atoms. The van der Waals surface area contributed by atoms with Gasteiger partial charge in [-0.2, -0.15) is 0 Å². The van der Waals surface area contributed by atoms with Gasteiger partial charge in [0, 0.05) is 82.1 Å². The van der Waals surface area contributed by atoms with E-state index in [0.29, 0.717) is 78.7 Å². The van der Waals surface area contributed by atoms with Crippen molar-refractivity contribution in [3.8, 4) is 34.2 Å². The maximum atomic E-state index is 14.1. The molecule has 6 aromatic rings. The van der Waals surface area contributed by atoms with Crippen molar-refractivity contribution in [1.29, 1.82) is 0 Å². The minimum atomic E-state index is -1.13. The number of pyridine rings is 6. The van der Waals surface area contributed by atoms with Crippen LogP contribution in [0.15, 0.2) is 109 Å². The van der Waals surface area contributed by atoms with Gasteiger partial charge in [-0.3, -0.25) is 38.9 Å². The molecule has 0 atom stereocenters. The first-order chi connectivity index (χ1) is 31.9. The van der Waals surface area contributed by atoms with Crippen LogP contribution in [0.5, 0.6) is 0 Å². The minimum absolute atomic E-state index is 0. The molecule has 342 valence electrons. The van der Waals surface area contributed by atoms with Crippen molar-refractivity contribution in [2.75, 3.05) is 20.1 Å². The second kappa shape index (κ2) is 21.5. The van der Waals surface area contributed by atoms with E-state index in [1.807, 2.05) is 91.7 Å². The van der Waals surface area contributed by atoms with E-state index in [4.69, 9.17) is 24.9 Å². The molecule has 16 heteroatoms. The number of hydrogen-bond acceptors (Lipinski definition) is 13. The fraction of sp³-hybridized carbons (Fsp3) is 0.275. The highest BCUT2D eigenvalue weighted by Crippen LogP contribution is 2.25. The first kappa shape index (κ1) is 47.3. The Balaban J connectivity index is 0.00000666. The number of aryl methyl sites for hydroxylation is 1. The summed E-state index contributed by atoms with van der Waals surface area (Å²) in [5, 5.41) is 13.1. The fourth-order valence-corrected chi connectivity index (χ4v) is 7.92. The van der Waals surface area contributed by atoms with Gasteiger partial charge in [-0.15, -0.1) is 0 Å². The highest BCUT2D eigenvalue weighted by molar-refractivity contribution is 6.12. The van der Waals surface area contributed by atoms with Crippen LogP contribution in [-0.2, 0) is 47.1 Å². The van der Waals surface area contributed by atoms with E-state index in [9.17, 15) is 29.1 Å². The normalized spacial score (nSPS) is 14.0. The molecule has 2 aliphatic rings. The van der Waals surface area contributed by atoms with Gasteiger partial charge < -0.3 is 10.4 Å². The summed E-state index contributed by atoms with van der Waals surface area (Å²) in [6.07, 6.45) is 3.30. The number of nitrogens with one attached hydrogen (secondary N) is 1. The smallest absolute Gasteiger partial charge is 0.335 e. The number of carbonyl (C=O) groups is 5. The zero-order valence-corrected chi connectivity index (χ0v) is 36.7. The molecule has 6 aromatic heterocycles. The summed E-state index contributed by atoms with van der Waals surface area (Å²) >= 11 is 0. The second-order valence-electron chi connectivity index (χ2n) is 16.4. The molecule has 3 amide bonds. The topological polar surface area (TPSA) is 205 Å². The van der Waals surface area contributed by atoms with Gasteiger partial charge in [-0.05, 0) is 99.6 Å². The Bertz CT molecular complexity index is 2850. The number of amides is 3. The Morgan fingerprint density at radius 2 is 1.15 bits per heavy atom. The van der Waals surface area contributed by atoms with Gasteiger partial charge in [0.2, 0.25) is 5.91 Å². The van der Waals surface area contributed by atoms with Crippen molar-refractivity contribution in [2.24, 2.45) is 0 Å². The maximum absolute atomic E-state index is 14.1. The van der Waals surface area contributed by atoms with Crippen molar-refractivity contribution in [1.82, 2.24) is 49.9 Å². The molecule has 0 radical (unpaired) electrons. The number of aromatic nitrogens is 6. The van der Waals surface area contributed by atoms with Crippen LogP contribution in [0, 0.1) is 6.92 Å². The Morgan fingerprint density at radius 3 is 1.82 bits per heavy atom. The second-order valence-corrected chi connectivity index (χ2v) is 16.4. The Hall–Kier alpha value is -7.69. The highest BCUT2D eigenvalue weighted by atomic mass is 16.4.